The Balaban J connectivity index is 1.34. The molecule has 0 bridgehead atoms. The molecule has 2 aromatic heterocycles. The minimum atomic E-state index is -0.991. The van der Waals surface area contributed by atoms with E-state index in [-0.39, 0.29) is 39.6 Å². The van der Waals surface area contributed by atoms with Gasteiger partial charge in [-0.2, -0.15) is 5.10 Å². The molecular formula is C29H27Cl2N5O4. The number of aromatic nitrogens is 3. The van der Waals surface area contributed by atoms with E-state index in [0.717, 1.165) is 60.7 Å². The number of Topliss-reactive ketones (excluding diaryl/α,β-unsaturated/α-hetero) is 1. The number of rotatable bonds is 7. The van der Waals surface area contributed by atoms with Crippen LogP contribution >= 0.6 is 23.2 Å². The lowest BCUT2D eigenvalue weighted by Crippen LogP contribution is -2.37. The van der Waals surface area contributed by atoms with Gasteiger partial charge in [0.2, 0.25) is 0 Å². The van der Waals surface area contributed by atoms with Crippen LogP contribution in [0.2, 0.25) is 10.0 Å². The summed E-state index contributed by atoms with van der Waals surface area (Å²) < 4.78 is 1.91. The number of phenolic OH excluding ortho intramolecular Hbond substituents is 1. The Morgan fingerprint density at radius 2 is 1.68 bits per heavy atom. The van der Waals surface area contributed by atoms with Crippen molar-refractivity contribution >= 4 is 57.4 Å². The highest BCUT2D eigenvalue weighted by Gasteiger charge is 2.33. The minimum absolute atomic E-state index is 0.00927. The van der Waals surface area contributed by atoms with Gasteiger partial charge in [0.05, 0.1) is 44.7 Å². The molecule has 40 heavy (non-hydrogen) atoms. The summed E-state index contributed by atoms with van der Waals surface area (Å²) in [6, 6.07) is 9.14. The zero-order valence-electron chi connectivity index (χ0n) is 21.4. The second-order valence-electron chi connectivity index (χ2n) is 10.5. The van der Waals surface area contributed by atoms with Crippen LogP contribution in [0.5, 0.6) is 5.75 Å². The standard InChI is InChI=1S/C29H27Cl2N5O4/c30-23-10-17(11-24(31)28(23)38)16-3-8-25-21(9-16)26(22(13-32-25)27(37)15-1-2-15)34-19-12-33-36(14-19)20-6-4-18(5-7-20)35-29(39)40/h3,8-15,18,20,35,38H,1-2,4-7H2,(H,32,34)(H,39,40). The second-order valence-corrected chi connectivity index (χ2v) is 11.3. The van der Waals surface area contributed by atoms with Crippen LogP contribution < -0.4 is 10.6 Å². The third-order valence-corrected chi connectivity index (χ3v) is 8.28. The van der Waals surface area contributed by atoms with Crippen molar-refractivity contribution < 1.29 is 19.8 Å². The summed E-state index contributed by atoms with van der Waals surface area (Å²) in [6.45, 7) is 0. The average molecular weight is 580 g/mol. The SMILES string of the molecule is O=C(O)NC1CCC(n2cc(Nc3c(C(=O)C4CC4)cnc4ccc(-c5cc(Cl)c(O)c(Cl)c5)cc34)cn2)CC1. The highest BCUT2D eigenvalue weighted by molar-refractivity contribution is 6.37. The first-order chi connectivity index (χ1) is 19.3. The number of phenols is 1. The van der Waals surface area contributed by atoms with Gasteiger partial charge in [0, 0.05) is 29.7 Å². The summed E-state index contributed by atoms with van der Waals surface area (Å²) in [4.78, 5) is 28.8. The van der Waals surface area contributed by atoms with Crippen LogP contribution in [0.4, 0.5) is 16.2 Å². The third-order valence-electron chi connectivity index (χ3n) is 7.70. The molecule has 2 fully saturated rings. The lowest BCUT2D eigenvalue weighted by molar-refractivity contribution is 0.0968. The summed E-state index contributed by atoms with van der Waals surface area (Å²) in [5.41, 5.74) is 4.17. The number of hydrogen-bond acceptors (Lipinski definition) is 6. The van der Waals surface area contributed by atoms with Crippen LogP contribution in [0.1, 0.15) is 54.9 Å². The van der Waals surface area contributed by atoms with Crippen LogP contribution in [0.15, 0.2) is 48.9 Å². The maximum absolute atomic E-state index is 13.3. The Kier molecular flexibility index (Phi) is 7.02. The van der Waals surface area contributed by atoms with Gasteiger partial charge in [-0.1, -0.05) is 29.3 Å². The zero-order chi connectivity index (χ0) is 28.0. The number of aromatic hydroxyl groups is 1. The summed E-state index contributed by atoms with van der Waals surface area (Å²) >= 11 is 12.4. The normalized spacial score (nSPS) is 18.9. The number of anilines is 2. The van der Waals surface area contributed by atoms with Gasteiger partial charge >= 0.3 is 6.09 Å². The van der Waals surface area contributed by atoms with Crippen molar-refractivity contribution in [2.24, 2.45) is 5.92 Å². The first-order valence-electron chi connectivity index (χ1n) is 13.2. The Bertz CT molecular complexity index is 1600. The van der Waals surface area contributed by atoms with Gasteiger partial charge in [-0.3, -0.25) is 14.5 Å². The highest BCUT2D eigenvalue weighted by Crippen LogP contribution is 2.41. The van der Waals surface area contributed by atoms with Crippen molar-refractivity contribution in [1.82, 2.24) is 20.1 Å². The molecule has 11 heteroatoms. The van der Waals surface area contributed by atoms with E-state index in [1.54, 1.807) is 24.5 Å². The predicted octanol–water partition coefficient (Wildman–Crippen LogP) is 7.20. The van der Waals surface area contributed by atoms with E-state index >= 15 is 0 Å². The maximum atomic E-state index is 13.3. The van der Waals surface area contributed by atoms with Gasteiger partial charge in [-0.25, -0.2) is 4.79 Å². The molecule has 2 saturated carbocycles. The van der Waals surface area contributed by atoms with E-state index < -0.39 is 6.09 Å². The Morgan fingerprint density at radius 3 is 2.35 bits per heavy atom. The lowest BCUT2D eigenvalue weighted by atomic mass is 9.91. The van der Waals surface area contributed by atoms with Crippen molar-refractivity contribution in [1.29, 1.82) is 0 Å². The fourth-order valence-electron chi connectivity index (χ4n) is 5.40. The summed E-state index contributed by atoms with van der Waals surface area (Å²) in [6.07, 6.45) is 9.20. The van der Waals surface area contributed by atoms with Crippen molar-refractivity contribution in [3.8, 4) is 16.9 Å². The molecule has 4 aromatic rings. The molecule has 0 radical (unpaired) electrons. The molecule has 0 spiro atoms. The number of carbonyl (C=O) groups is 2. The highest BCUT2D eigenvalue weighted by atomic mass is 35.5. The van der Waals surface area contributed by atoms with Gasteiger partial charge in [0.1, 0.15) is 0 Å². The molecule has 206 valence electrons. The molecular weight excluding hydrogens is 553 g/mol. The van der Waals surface area contributed by atoms with E-state index in [1.165, 1.54) is 0 Å². The van der Waals surface area contributed by atoms with Crippen LogP contribution in [0.25, 0.3) is 22.0 Å². The van der Waals surface area contributed by atoms with Gasteiger partial charge in [0.25, 0.3) is 0 Å². The molecule has 0 saturated heterocycles. The number of pyridine rings is 1. The number of amides is 1. The topological polar surface area (TPSA) is 129 Å². The van der Waals surface area contributed by atoms with Crippen LogP contribution in [-0.4, -0.2) is 42.9 Å². The molecule has 1 amide bonds. The molecule has 4 N–H and O–H groups in total. The van der Waals surface area contributed by atoms with Crippen molar-refractivity contribution in [3.63, 3.8) is 0 Å². The van der Waals surface area contributed by atoms with Crippen molar-refractivity contribution in [2.75, 3.05) is 5.32 Å². The number of nitrogens with one attached hydrogen (secondary N) is 2. The zero-order valence-corrected chi connectivity index (χ0v) is 22.9. The number of nitrogens with zero attached hydrogens (tertiary/aromatic N) is 3. The van der Waals surface area contributed by atoms with Crippen molar-refractivity contribution in [2.45, 2.75) is 50.6 Å². The van der Waals surface area contributed by atoms with E-state index in [4.69, 9.17) is 28.3 Å². The maximum Gasteiger partial charge on any atom is 0.404 e. The van der Waals surface area contributed by atoms with Gasteiger partial charge in [-0.15, -0.1) is 0 Å². The smallest absolute Gasteiger partial charge is 0.404 e. The van der Waals surface area contributed by atoms with E-state index in [9.17, 15) is 14.7 Å². The number of carboxylic acid groups (broad SMARTS) is 1. The molecule has 0 atom stereocenters. The number of halogens is 2. The largest absolute Gasteiger partial charge is 0.505 e. The summed E-state index contributed by atoms with van der Waals surface area (Å²) in [5.74, 6) is -0.0949. The molecule has 0 aliphatic heterocycles. The molecule has 2 heterocycles. The Labute approximate surface area is 240 Å². The molecule has 2 aromatic carbocycles. The number of fused-ring (bicyclic) bond motifs is 1. The first kappa shape index (κ1) is 26.4. The minimum Gasteiger partial charge on any atom is -0.505 e. The van der Waals surface area contributed by atoms with Crippen molar-refractivity contribution in [3.05, 3.63) is 64.5 Å². The quantitative estimate of drug-likeness (QED) is 0.170. The van der Waals surface area contributed by atoms with Crippen LogP contribution in [0.3, 0.4) is 0 Å². The number of hydrogen-bond donors (Lipinski definition) is 4. The fraction of sp³-hybridized carbons (Fsp3) is 0.310. The first-order valence-corrected chi connectivity index (χ1v) is 14.0. The van der Waals surface area contributed by atoms with E-state index in [1.807, 2.05) is 29.1 Å². The average Bonchev–Trinajstić information content (AvgIpc) is 3.69. The summed E-state index contributed by atoms with van der Waals surface area (Å²) in [5, 5.41) is 30.7. The molecule has 2 aliphatic rings. The fourth-order valence-corrected chi connectivity index (χ4v) is 5.88. The third kappa shape index (κ3) is 5.31. The molecule has 2 aliphatic carbocycles. The number of ketones is 1. The number of carbonyl (C=O) groups excluding carboxylic acids is 1. The van der Waals surface area contributed by atoms with Gasteiger partial charge in [0.15, 0.2) is 11.5 Å². The molecule has 9 nitrogen and oxygen atoms in total. The van der Waals surface area contributed by atoms with Crippen LogP contribution in [0, 0.1) is 5.92 Å². The molecule has 0 unspecified atom stereocenters. The Morgan fingerprint density at radius 1 is 0.950 bits per heavy atom. The number of benzene rings is 2. The Hall–Kier alpha value is -3.82. The molecule has 6 rings (SSSR count). The lowest BCUT2D eigenvalue weighted by Gasteiger charge is -2.28. The van der Waals surface area contributed by atoms with E-state index in [2.05, 4.69) is 20.7 Å². The second kappa shape index (κ2) is 10.6. The van der Waals surface area contributed by atoms with Gasteiger partial charge in [-0.05, 0) is 73.9 Å². The summed E-state index contributed by atoms with van der Waals surface area (Å²) in [7, 11) is 0. The monoisotopic (exact) mass is 579 g/mol. The van der Waals surface area contributed by atoms with Crippen LogP contribution in [-0.2, 0) is 0 Å². The van der Waals surface area contributed by atoms with Gasteiger partial charge < -0.3 is 20.8 Å². The van der Waals surface area contributed by atoms with E-state index in [0.29, 0.717) is 16.8 Å². The predicted molar refractivity (Wildman–Crippen MR) is 154 cm³/mol.